The Hall–Kier alpha value is -0.120. The molecule has 0 heterocycles. The highest BCUT2D eigenvalue weighted by molar-refractivity contribution is 4.63. The van der Waals surface area contributed by atoms with Crippen molar-refractivity contribution in [1.82, 2.24) is 5.32 Å². The van der Waals surface area contributed by atoms with Crippen LogP contribution in [0.3, 0.4) is 0 Å². The van der Waals surface area contributed by atoms with Crippen LogP contribution < -0.4 is 16.8 Å². The van der Waals surface area contributed by atoms with Crippen LogP contribution in [0.1, 0.15) is 19.8 Å². The maximum absolute atomic E-state index is 5.57. The van der Waals surface area contributed by atoms with Gasteiger partial charge in [-0.1, -0.05) is 13.3 Å². The zero-order chi connectivity index (χ0) is 7.82. The molecule has 0 spiro atoms. The lowest BCUT2D eigenvalue weighted by Gasteiger charge is -2.08. The first-order chi connectivity index (χ1) is 4.81. The topological polar surface area (TPSA) is 64.1 Å². The SMILES string of the molecule is CCCCNCC(N)CN. The Kier molecular flexibility index (Phi) is 6.91. The van der Waals surface area contributed by atoms with Gasteiger partial charge in [-0.3, -0.25) is 0 Å². The molecule has 10 heavy (non-hydrogen) atoms. The molecule has 0 aromatic carbocycles. The molecule has 0 amide bonds. The van der Waals surface area contributed by atoms with Gasteiger partial charge in [0.25, 0.3) is 0 Å². The van der Waals surface area contributed by atoms with E-state index in [2.05, 4.69) is 12.2 Å². The largest absolute Gasteiger partial charge is 0.329 e. The zero-order valence-electron chi connectivity index (χ0n) is 6.77. The van der Waals surface area contributed by atoms with Crippen LogP contribution in [-0.2, 0) is 0 Å². The highest BCUT2D eigenvalue weighted by Gasteiger charge is 1.95. The molecule has 0 saturated carbocycles. The van der Waals surface area contributed by atoms with E-state index in [9.17, 15) is 0 Å². The molecular formula is C7H19N3. The van der Waals surface area contributed by atoms with Crippen molar-refractivity contribution in [2.45, 2.75) is 25.8 Å². The van der Waals surface area contributed by atoms with E-state index in [4.69, 9.17) is 11.5 Å². The maximum atomic E-state index is 5.57. The molecule has 0 aliphatic heterocycles. The summed E-state index contributed by atoms with van der Waals surface area (Å²) in [7, 11) is 0. The van der Waals surface area contributed by atoms with Crippen LogP contribution >= 0.6 is 0 Å². The minimum Gasteiger partial charge on any atom is -0.329 e. The van der Waals surface area contributed by atoms with E-state index in [1.807, 2.05) is 0 Å². The second-order valence-corrected chi connectivity index (χ2v) is 2.55. The Morgan fingerprint density at radius 3 is 2.70 bits per heavy atom. The summed E-state index contributed by atoms with van der Waals surface area (Å²) < 4.78 is 0. The first-order valence-corrected chi connectivity index (χ1v) is 3.97. The fourth-order valence-corrected chi connectivity index (χ4v) is 0.673. The Bertz CT molecular complexity index is 65.9. The van der Waals surface area contributed by atoms with Crippen LogP contribution in [0.5, 0.6) is 0 Å². The lowest BCUT2D eigenvalue weighted by Crippen LogP contribution is -2.39. The van der Waals surface area contributed by atoms with Crippen molar-refractivity contribution in [2.24, 2.45) is 11.5 Å². The third kappa shape index (κ3) is 6.01. The minimum absolute atomic E-state index is 0.122. The Morgan fingerprint density at radius 1 is 1.50 bits per heavy atom. The molecule has 0 aliphatic carbocycles. The summed E-state index contributed by atoms with van der Waals surface area (Å²) in [6, 6.07) is 0.122. The van der Waals surface area contributed by atoms with Gasteiger partial charge >= 0.3 is 0 Å². The summed E-state index contributed by atoms with van der Waals surface area (Å²) in [5.41, 5.74) is 10.9. The van der Waals surface area contributed by atoms with Gasteiger partial charge in [-0.15, -0.1) is 0 Å². The number of nitrogens with two attached hydrogens (primary N) is 2. The highest BCUT2D eigenvalue weighted by Crippen LogP contribution is 1.81. The van der Waals surface area contributed by atoms with Crippen molar-refractivity contribution in [3.05, 3.63) is 0 Å². The maximum Gasteiger partial charge on any atom is 0.0290 e. The number of hydrogen-bond donors (Lipinski definition) is 3. The van der Waals surface area contributed by atoms with E-state index >= 15 is 0 Å². The fraction of sp³-hybridized carbons (Fsp3) is 1.00. The standard InChI is InChI=1S/C7H19N3/c1-2-3-4-10-6-7(9)5-8/h7,10H,2-6,8-9H2,1H3. The second kappa shape index (κ2) is 6.99. The lowest BCUT2D eigenvalue weighted by molar-refractivity contribution is 0.567. The summed E-state index contributed by atoms with van der Waals surface area (Å²) in [6.45, 7) is 4.64. The quantitative estimate of drug-likeness (QED) is 0.448. The predicted octanol–water partition coefficient (Wildman–Crippen LogP) is -0.338. The molecule has 0 rings (SSSR count). The minimum atomic E-state index is 0.122. The first kappa shape index (κ1) is 9.88. The van der Waals surface area contributed by atoms with E-state index in [1.165, 1.54) is 12.8 Å². The monoisotopic (exact) mass is 145 g/mol. The Labute approximate surface area is 63.2 Å². The molecule has 1 atom stereocenters. The number of rotatable bonds is 6. The fourth-order valence-electron chi connectivity index (χ4n) is 0.673. The van der Waals surface area contributed by atoms with E-state index in [0.717, 1.165) is 13.1 Å². The van der Waals surface area contributed by atoms with Crippen molar-refractivity contribution in [1.29, 1.82) is 0 Å². The molecule has 0 aromatic rings. The smallest absolute Gasteiger partial charge is 0.0290 e. The van der Waals surface area contributed by atoms with E-state index in [1.54, 1.807) is 0 Å². The van der Waals surface area contributed by atoms with Gasteiger partial charge in [0.2, 0.25) is 0 Å². The summed E-state index contributed by atoms with van der Waals surface area (Å²) in [6.07, 6.45) is 2.45. The van der Waals surface area contributed by atoms with Gasteiger partial charge < -0.3 is 16.8 Å². The molecule has 0 aromatic heterocycles. The highest BCUT2D eigenvalue weighted by atomic mass is 14.9. The third-order valence-electron chi connectivity index (χ3n) is 1.42. The van der Waals surface area contributed by atoms with E-state index < -0.39 is 0 Å². The second-order valence-electron chi connectivity index (χ2n) is 2.55. The summed E-state index contributed by atoms with van der Waals surface area (Å²) in [5.74, 6) is 0. The van der Waals surface area contributed by atoms with Crippen LogP contribution in [0, 0.1) is 0 Å². The Balaban J connectivity index is 2.89. The summed E-state index contributed by atoms with van der Waals surface area (Å²) in [4.78, 5) is 0. The van der Waals surface area contributed by atoms with Crippen LogP contribution in [0.25, 0.3) is 0 Å². The lowest BCUT2D eigenvalue weighted by atomic mass is 10.3. The molecule has 0 radical (unpaired) electrons. The van der Waals surface area contributed by atoms with E-state index in [0.29, 0.717) is 6.54 Å². The number of hydrogen-bond acceptors (Lipinski definition) is 3. The molecule has 5 N–H and O–H groups in total. The van der Waals surface area contributed by atoms with Crippen LogP contribution in [0.4, 0.5) is 0 Å². The van der Waals surface area contributed by atoms with Crippen molar-refractivity contribution >= 4 is 0 Å². The number of nitrogens with one attached hydrogen (secondary N) is 1. The molecular weight excluding hydrogens is 126 g/mol. The van der Waals surface area contributed by atoms with Crippen LogP contribution in [0.2, 0.25) is 0 Å². The van der Waals surface area contributed by atoms with E-state index in [-0.39, 0.29) is 6.04 Å². The van der Waals surface area contributed by atoms with Gasteiger partial charge in [0.15, 0.2) is 0 Å². The average Bonchev–Trinajstić information content (AvgIpc) is 1.98. The van der Waals surface area contributed by atoms with Gasteiger partial charge in [-0.2, -0.15) is 0 Å². The van der Waals surface area contributed by atoms with Crippen LogP contribution in [-0.4, -0.2) is 25.7 Å². The van der Waals surface area contributed by atoms with Crippen molar-refractivity contribution in [3.8, 4) is 0 Å². The van der Waals surface area contributed by atoms with Crippen molar-refractivity contribution in [2.75, 3.05) is 19.6 Å². The summed E-state index contributed by atoms with van der Waals surface area (Å²) >= 11 is 0. The zero-order valence-corrected chi connectivity index (χ0v) is 6.77. The molecule has 0 saturated heterocycles. The molecule has 1 unspecified atom stereocenters. The van der Waals surface area contributed by atoms with Crippen molar-refractivity contribution < 1.29 is 0 Å². The van der Waals surface area contributed by atoms with Gasteiger partial charge in [0, 0.05) is 19.1 Å². The predicted molar refractivity (Wildman–Crippen MR) is 44.8 cm³/mol. The Morgan fingerprint density at radius 2 is 2.20 bits per heavy atom. The molecule has 3 nitrogen and oxygen atoms in total. The van der Waals surface area contributed by atoms with Crippen LogP contribution in [0.15, 0.2) is 0 Å². The van der Waals surface area contributed by atoms with Crippen molar-refractivity contribution in [3.63, 3.8) is 0 Å². The van der Waals surface area contributed by atoms with Gasteiger partial charge in [0.05, 0.1) is 0 Å². The molecule has 0 bridgehead atoms. The first-order valence-electron chi connectivity index (χ1n) is 3.97. The number of unbranched alkanes of at least 4 members (excludes halogenated alkanes) is 1. The third-order valence-corrected chi connectivity index (χ3v) is 1.42. The van der Waals surface area contributed by atoms with Gasteiger partial charge in [-0.05, 0) is 13.0 Å². The molecule has 0 aliphatic rings. The average molecular weight is 145 g/mol. The normalized spacial score (nSPS) is 13.5. The molecule has 62 valence electrons. The van der Waals surface area contributed by atoms with Gasteiger partial charge in [0.1, 0.15) is 0 Å². The molecule has 0 fully saturated rings. The summed E-state index contributed by atoms with van der Waals surface area (Å²) in [5, 5.41) is 3.23. The van der Waals surface area contributed by atoms with Gasteiger partial charge in [-0.25, -0.2) is 0 Å². The molecule has 3 heteroatoms.